The van der Waals surface area contributed by atoms with Crippen LogP contribution in [0.4, 0.5) is 34.1 Å². The number of fused-ring (bicyclic) bond motifs is 7. The molecule has 9 aromatic rings. The number of nitrogens with zero attached hydrogens (tertiary/aromatic N) is 3. The van der Waals surface area contributed by atoms with E-state index in [-0.39, 0.29) is 23.0 Å². The van der Waals surface area contributed by atoms with Crippen LogP contribution >= 0.6 is 0 Å². The van der Waals surface area contributed by atoms with Crippen molar-refractivity contribution >= 4 is 102 Å². The highest BCUT2D eigenvalue weighted by Crippen LogP contribution is 2.53. The fraction of sp³-hybridized carbons (Fsp3) is 0.237. The van der Waals surface area contributed by atoms with Gasteiger partial charge < -0.3 is 14.4 Å². The summed E-state index contributed by atoms with van der Waals surface area (Å²) in [5.74, 6) is 0. The monoisotopic (exact) mass is 1050 g/mol. The molecule has 3 aliphatic rings. The third-order valence-electron chi connectivity index (χ3n) is 16.9. The highest BCUT2D eigenvalue weighted by molar-refractivity contribution is 7.00. The van der Waals surface area contributed by atoms with E-state index in [0.717, 1.165) is 50.5 Å². The number of aromatic nitrogens is 1. The van der Waals surface area contributed by atoms with Gasteiger partial charge in [0.2, 0.25) is 0 Å². The van der Waals surface area contributed by atoms with E-state index in [1.165, 1.54) is 94.3 Å². The predicted molar refractivity (Wildman–Crippen MR) is 355 cm³/mol. The van der Waals surface area contributed by atoms with Crippen LogP contribution in [-0.2, 0) is 16.2 Å². The third kappa shape index (κ3) is 8.65. The molecular weight excluding hydrogens is 966 g/mol. The van der Waals surface area contributed by atoms with Gasteiger partial charge in [0.05, 0.1) is 22.6 Å². The zero-order chi connectivity index (χ0) is 57.3. The standard InChI is InChI=1S/C72H68BN3.2C2H6/c1-15-24-55-56-42-59-64(43-62(56)75(60(55)17-3)61-32-23-28-47-27-18-19-30-54(47)61)74(51-36-33-48(34-37-51)52(16-2)67-46(6)53-29-20-21-31-57(53)72(67,13)14)65-40-50(71(10,11)12)41-66-68(65)73(59)58-38-35-49(70(7,8)9)39-63(58)76(66)69-44(4)25-22-26-45(69)5;2*1-2/h15-43H,2-3,6H2,1,4-5,7-14H3;2*1-2H3/b24-15-,67-52-;;. The topological polar surface area (TPSA) is 11.4 Å². The van der Waals surface area contributed by atoms with Gasteiger partial charge in [-0.15, -0.1) is 0 Å². The summed E-state index contributed by atoms with van der Waals surface area (Å²) in [6.07, 6.45) is 8.53. The third-order valence-corrected chi connectivity index (χ3v) is 16.9. The van der Waals surface area contributed by atoms with Crippen molar-refractivity contribution in [2.75, 3.05) is 9.80 Å². The van der Waals surface area contributed by atoms with Crippen LogP contribution in [0.2, 0.25) is 0 Å². The Labute approximate surface area is 479 Å². The van der Waals surface area contributed by atoms with Crippen molar-refractivity contribution < 1.29 is 0 Å². The first kappa shape index (κ1) is 55.2. The van der Waals surface area contributed by atoms with Crippen molar-refractivity contribution in [2.24, 2.45) is 0 Å². The molecule has 1 aromatic heterocycles. The number of benzene rings is 8. The fourth-order valence-corrected chi connectivity index (χ4v) is 13.2. The summed E-state index contributed by atoms with van der Waals surface area (Å²) in [6, 6.07) is 57.5. The first-order valence-corrected chi connectivity index (χ1v) is 29.1. The van der Waals surface area contributed by atoms with E-state index in [1.54, 1.807) is 0 Å². The van der Waals surface area contributed by atoms with Crippen LogP contribution in [0.1, 0.15) is 140 Å². The number of anilines is 6. The first-order chi connectivity index (χ1) is 38.4. The van der Waals surface area contributed by atoms with Crippen molar-refractivity contribution in [2.45, 2.75) is 120 Å². The van der Waals surface area contributed by atoms with Crippen LogP contribution in [0.3, 0.4) is 0 Å². The summed E-state index contributed by atoms with van der Waals surface area (Å²) in [5, 5.41) is 3.58. The molecule has 0 unspecified atom stereocenters. The highest BCUT2D eigenvalue weighted by Gasteiger charge is 2.46. The average molecular weight is 1050 g/mol. The molecule has 0 saturated carbocycles. The second-order valence-electron chi connectivity index (χ2n) is 24.0. The van der Waals surface area contributed by atoms with E-state index >= 15 is 0 Å². The minimum absolute atomic E-state index is 0.0705. The Hall–Kier alpha value is -8.08. The molecule has 1 aliphatic carbocycles. The molecule has 3 nitrogen and oxygen atoms in total. The molecule has 4 heteroatoms. The normalized spacial score (nSPS) is 14.7. The van der Waals surface area contributed by atoms with Gasteiger partial charge in [-0.2, -0.15) is 0 Å². The predicted octanol–water partition coefficient (Wildman–Crippen LogP) is 19.8. The van der Waals surface area contributed by atoms with Crippen molar-refractivity contribution in [3.05, 3.63) is 239 Å². The summed E-state index contributed by atoms with van der Waals surface area (Å²) < 4.78 is 2.46. The van der Waals surface area contributed by atoms with Gasteiger partial charge in [-0.3, -0.25) is 0 Å². The molecule has 0 bridgehead atoms. The molecule has 402 valence electrons. The van der Waals surface area contributed by atoms with E-state index in [9.17, 15) is 0 Å². The Morgan fingerprint density at radius 2 is 1.19 bits per heavy atom. The molecule has 12 rings (SSSR count). The minimum Gasteiger partial charge on any atom is -0.311 e. The molecule has 2 aliphatic heterocycles. The molecule has 8 aromatic carbocycles. The van der Waals surface area contributed by atoms with E-state index in [2.05, 4.69) is 267 Å². The molecule has 0 spiro atoms. The van der Waals surface area contributed by atoms with Gasteiger partial charge in [0, 0.05) is 50.2 Å². The first-order valence-electron chi connectivity index (χ1n) is 29.1. The number of rotatable bonds is 7. The quantitative estimate of drug-likeness (QED) is 0.147. The number of hydrogen-bond donors (Lipinski definition) is 0. The van der Waals surface area contributed by atoms with Crippen LogP contribution in [0.25, 0.3) is 50.7 Å². The minimum atomic E-state index is -0.241. The Bertz CT molecular complexity index is 4000. The van der Waals surface area contributed by atoms with Gasteiger partial charge in [0.25, 0.3) is 6.71 Å². The Morgan fingerprint density at radius 1 is 0.588 bits per heavy atom. The van der Waals surface area contributed by atoms with E-state index < -0.39 is 0 Å². The second-order valence-corrected chi connectivity index (χ2v) is 24.0. The van der Waals surface area contributed by atoms with Gasteiger partial charge >= 0.3 is 0 Å². The lowest BCUT2D eigenvalue weighted by Crippen LogP contribution is -2.61. The smallest absolute Gasteiger partial charge is 0.252 e. The highest BCUT2D eigenvalue weighted by atomic mass is 15.2. The van der Waals surface area contributed by atoms with Gasteiger partial charge in [0.15, 0.2) is 0 Å². The summed E-state index contributed by atoms with van der Waals surface area (Å²) in [4.78, 5) is 5.21. The molecule has 3 heterocycles. The fourth-order valence-electron chi connectivity index (χ4n) is 13.2. The largest absolute Gasteiger partial charge is 0.311 e. The second kappa shape index (κ2) is 20.9. The molecule has 0 saturated heterocycles. The summed E-state index contributed by atoms with van der Waals surface area (Å²) in [5.41, 5.74) is 27.1. The lowest BCUT2D eigenvalue weighted by atomic mass is 9.33. The maximum absolute atomic E-state index is 4.70. The number of para-hydroxylation sites is 1. The van der Waals surface area contributed by atoms with Crippen LogP contribution < -0.4 is 26.2 Å². The van der Waals surface area contributed by atoms with Gasteiger partial charge in [0.1, 0.15) is 0 Å². The molecule has 80 heavy (non-hydrogen) atoms. The van der Waals surface area contributed by atoms with Gasteiger partial charge in [-0.1, -0.05) is 230 Å². The summed E-state index contributed by atoms with van der Waals surface area (Å²) >= 11 is 0. The van der Waals surface area contributed by atoms with Crippen molar-refractivity contribution in [3.63, 3.8) is 0 Å². The van der Waals surface area contributed by atoms with Crippen molar-refractivity contribution in [3.8, 4) is 5.69 Å². The van der Waals surface area contributed by atoms with Crippen LogP contribution in [-0.4, -0.2) is 11.3 Å². The van der Waals surface area contributed by atoms with E-state index in [4.69, 9.17) is 6.58 Å². The maximum atomic E-state index is 4.70. The van der Waals surface area contributed by atoms with Crippen LogP contribution in [0.5, 0.6) is 0 Å². The average Bonchev–Trinajstić information content (AvgIpc) is 4.00. The van der Waals surface area contributed by atoms with Gasteiger partial charge in [-0.25, -0.2) is 0 Å². The Morgan fingerprint density at radius 3 is 1.82 bits per heavy atom. The van der Waals surface area contributed by atoms with E-state index in [1.807, 2.05) is 39.8 Å². The van der Waals surface area contributed by atoms with Crippen molar-refractivity contribution in [1.82, 2.24) is 4.57 Å². The number of aryl methyl sites for hydroxylation is 2. The van der Waals surface area contributed by atoms with Gasteiger partial charge in [-0.05, 0) is 158 Å². The molecule has 0 amide bonds. The zero-order valence-corrected chi connectivity index (χ0v) is 50.3. The van der Waals surface area contributed by atoms with E-state index in [0.29, 0.717) is 0 Å². The molecular formula is C76H80BN3. The van der Waals surface area contributed by atoms with Crippen LogP contribution in [0, 0.1) is 13.8 Å². The Balaban J connectivity index is 0.00000176. The molecule has 0 fully saturated rings. The SMILES string of the molecule is C=C/C(=C1\C(=C)c2ccccc2C1(C)C)c1ccc(N2c3cc4c(cc3B3c5ccc(C(C)(C)C)cc5N(c5c(C)cccc5C)c5cc(C(C)(C)C)cc2c53)c(/C=C\C)c(C=C)n4-c2cccc3ccccc23)cc1.CC.CC. The van der Waals surface area contributed by atoms with Crippen LogP contribution in [0.15, 0.2) is 189 Å². The zero-order valence-electron chi connectivity index (χ0n) is 50.3. The lowest BCUT2D eigenvalue weighted by Gasteiger charge is -2.46. The number of allylic oxidation sites excluding steroid dienone is 5. The Kier molecular flexibility index (Phi) is 14.4. The maximum Gasteiger partial charge on any atom is 0.252 e. The molecule has 0 atom stereocenters. The summed E-state index contributed by atoms with van der Waals surface area (Å²) in [7, 11) is 0. The molecule has 0 N–H and O–H groups in total. The number of hydrogen-bond acceptors (Lipinski definition) is 2. The lowest BCUT2D eigenvalue weighted by molar-refractivity contribution is 0.590. The summed E-state index contributed by atoms with van der Waals surface area (Å²) in [6.45, 7) is 47.0. The van der Waals surface area contributed by atoms with Crippen molar-refractivity contribution in [1.29, 1.82) is 0 Å². The molecule has 0 radical (unpaired) electrons.